The number of hydrogen-bond acceptors (Lipinski definition) is 5. The first kappa shape index (κ1) is 22.5. The van der Waals surface area contributed by atoms with E-state index >= 15 is 0 Å². The number of halogens is 3. The number of pyridine rings is 1. The molecule has 5 nitrogen and oxygen atoms in total. The van der Waals surface area contributed by atoms with Crippen LogP contribution in [0.1, 0.15) is 46.9 Å². The number of carbonyl (C=O) groups is 2. The van der Waals surface area contributed by atoms with Crippen molar-refractivity contribution < 1.29 is 27.8 Å². The third-order valence-corrected chi connectivity index (χ3v) is 6.68. The van der Waals surface area contributed by atoms with Crippen LogP contribution in [0.3, 0.4) is 0 Å². The van der Waals surface area contributed by atoms with E-state index in [0.717, 1.165) is 11.1 Å². The predicted molar refractivity (Wildman–Crippen MR) is 122 cm³/mol. The van der Waals surface area contributed by atoms with E-state index in [1.165, 1.54) is 19.1 Å². The largest absolute Gasteiger partial charge is 0.586 e. The summed E-state index contributed by atoms with van der Waals surface area (Å²) in [5, 5.41) is 0.373. The summed E-state index contributed by atoms with van der Waals surface area (Å²) in [6, 6.07) is 13.4. The van der Waals surface area contributed by atoms with Crippen molar-refractivity contribution in [3.8, 4) is 22.8 Å². The van der Waals surface area contributed by atoms with Gasteiger partial charge in [0.2, 0.25) is 0 Å². The van der Waals surface area contributed by atoms with E-state index in [1.54, 1.807) is 30.3 Å². The van der Waals surface area contributed by atoms with E-state index in [2.05, 4.69) is 9.47 Å². The van der Waals surface area contributed by atoms with Crippen molar-refractivity contribution in [2.75, 3.05) is 0 Å². The molecule has 0 unspecified atom stereocenters. The average molecular weight is 484 g/mol. The van der Waals surface area contributed by atoms with Crippen LogP contribution in [-0.4, -0.2) is 22.8 Å². The van der Waals surface area contributed by atoms with Gasteiger partial charge in [-0.1, -0.05) is 29.8 Å². The van der Waals surface area contributed by atoms with Crippen molar-refractivity contribution in [2.24, 2.45) is 0 Å². The first-order valence-corrected chi connectivity index (χ1v) is 11.2. The van der Waals surface area contributed by atoms with Crippen LogP contribution >= 0.6 is 11.6 Å². The fourth-order valence-corrected chi connectivity index (χ4v) is 4.59. The van der Waals surface area contributed by atoms with Crippen LogP contribution < -0.4 is 9.47 Å². The number of aryl methyl sites for hydroxylation is 1. The van der Waals surface area contributed by atoms with E-state index in [1.807, 2.05) is 13.0 Å². The smallest absolute Gasteiger partial charge is 0.395 e. The molecule has 0 spiro atoms. The Balaban J connectivity index is 1.41. The number of Topliss-reactive ketones (excluding diaryl/α,β-unsaturated/α-hetero) is 2. The van der Waals surface area contributed by atoms with Gasteiger partial charge in [-0.15, -0.1) is 8.78 Å². The maximum Gasteiger partial charge on any atom is 0.586 e. The zero-order valence-electron chi connectivity index (χ0n) is 18.5. The lowest BCUT2D eigenvalue weighted by atomic mass is 9.88. The minimum absolute atomic E-state index is 0.0408. The van der Waals surface area contributed by atoms with Gasteiger partial charge in [0.25, 0.3) is 0 Å². The number of alkyl halides is 2. The number of fused-ring (bicyclic) bond motifs is 1. The number of ether oxygens (including phenoxy) is 2. The number of rotatable bonds is 6. The number of benzene rings is 2. The maximum atomic E-state index is 13.4. The van der Waals surface area contributed by atoms with Crippen LogP contribution in [0.15, 0.2) is 48.5 Å². The fourth-order valence-electron chi connectivity index (χ4n) is 4.34. The second-order valence-corrected chi connectivity index (χ2v) is 9.14. The molecule has 0 bridgehead atoms. The Bertz CT molecular complexity index is 1350. The first-order chi connectivity index (χ1) is 16.1. The lowest BCUT2D eigenvalue weighted by Gasteiger charge is -2.16. The molecule has 1 aromatic heterocycles. The fraction of sp³-hybridized carbons (Fsp3) is 0.269. The van der Waals surface area contributed by atoms with Gasteiger partial charge in [0, 0.05) is 23.2 Å². The highest BCUT2D eigenvalue weighted by atomic mass is 35.5. The Hall–Kier alpha value is -3.32. The van der Waals surface area contributed by atoms with Crippen LogP contribution in [-0.2, 0) is 16.6 Å². The third-order valence-electron chi connectivity index (χ3n) is 6.35. The zero-order valence-corrected chi connectivity index (χ0v) is 19.2. The van der Waals surface area contributed by atoms with Gasteiger partial charge in [0.1, 0.15) is 5.78 Å². The Labute approximate surface area is 199 Å². The molecule has 0 saturated heterocycles. The van der Waals surface area contributed by atoms with Crippen LogP contribution in [0.4, 0.5) is 8.78 Å². The SMILES string of the molecule is CC(=O)c1cc(-c2nc(CC(=O)C3(c4ccc5c(c4)OC(F)(F)O5)CC3)ccc2C)ccc1Cl. The van der Waals surface area contributed by atoms with E-state index < -0.39 is 11.7 Å². The van der Waals surface area contributed by atoms with E-state index in [-0.39, 0.29) is 29.5 Å². The van der Waals surface area contributed by atoms with Gasteiger partial charge in [0.15, 0.2) is 17.3 Å². The number of hydrogen-bond donors (Lipinski definition) is 0. The molecule has 1 aliphatic heterocycles. The molecule has 0 N–H and O–H groups in total. The van der Waals surface area contributed by atoms with Gasteiger partial charge in [-0.05, 0) is 68.1 Å². The summed E-state index contributed by atoms with van der Waals surface area (Å²) >= 11 is 6.14. The van der Waals surface area contributed by atoms with Crippen LogP contribution in [0.25, 0.3) is 11.3 Å². The molecular formula is C26H20ClF2NO4. The standard InChI is InChI=1S/C26H20ClF2NO4/c1-14-3-6-18(30-24(14)16-4-7-20(27)19(11-16)15(2)31)13-23(32)25(9-10-25)17-5-8-21-22(12-17)34-26(28,29)33-21/h3-8,11-12H,9-10,13H2,1-2H3. The maximum absolute atomic E-state index is 13.4. The second-order valence-electron chi connectivity index (χ2n) is 8.73. The van der Waals surface area contributed by atoms with Crippen molar-refractivity contribution >= 4 is 23.2 Å². The van der Waals surface area contributed by atoms with Crippen molar-refractivity contribution in [1.29, 1.82) is 0 Å². The van der Waals surface area contributed by atoms with E-state index in [4.69, 9.17) is 16.6 Å². The van der Waals surface area contributed by atoms with Crippen LogP contribution in [0.2, 0.25) is 5.02 Å². The molecule has 8 heteroatoms. The molecule has 34 heavy (non-hydrogen) atoms. The first-order valence-electron chi connectivity index (χ1n) is 10.8. The normalized spacial score (nSPS) is 16.9. The molecule has 1 aliphatic carbocycles. The summed E-state index contributed by atoms with van der Waals surface area (Å²) in [5.74, 6) is -0.301. The van der Waals surface area contributed by atoms with Gasteiger partial charge in [0.05, 0.1) is 16.1 Å². The highest BCUT2D eigenvalue weighted by molar-refractivity contribution is 6.34. The van der Waals surface area contributed by atoms with E-state index in [0.29, 0.717) is 40.4 Å². The number of carbonyl (C=O) groups excluding carboxylic acids is 2. The average Bonchev–Trinajstić information content (AvgIpc) is 3.52. The van der Waals surface area contributed by atoms with Gasteiger partial charge in [-0.3, -0.25) is 14.6 Å². The summed E-state index contributed by atoms with van der Waals surface area (Å²) in [6.45, 7) is 3.35. The van der Waals surface area contributed by atoms with Crippen LogP contribution in [0, 0.1) is 6.92 Å². The number of ketones is 2. The number of aromatic nitrogens is 1. The predicted octanol–water partition coefficient (Wildman–Crippen LogP) is 6.08. The highest BCUT2D eigenvalue weighted by Crippen LogP contribution is 2.52. The summed E-state index contributed by atoms with van der Waals surface area (Å²) < 4.78 is 35.8. The molecule has 2 heterocycles. The minimum Gasteiger partial charge on any atom is -0.395 e. The molecule has 3 aromatic rings. The Morgan fingerprint density at radius 1 is 1.03 bits per heavy atom. The molecule has 0 atom stereocenters. The summed E-state index contributed by atoms with van der Waals surface area (Å²) in [7, 11) is 0. The lowest BCUT2D eigenvalue weighted by Crippen LogP contribution is -2.26. The second kappa shape index (κ2) is 7.87. The Morgan fingerprint density at radius 3 is 2.47 bits per heavy atom. The molecule has 2 aromatic carbocycles. The van der Waals surface area contributed by atoms with Crippen molar-refractivity contribution in [1.82, 2.24) is 4.98 Å². The Kier molecular flexibility index (Phi) is 5.20. The molecule has 1 fully saturated rings. The monoisotopic (exact) mass is 483 g/mol. The van der Waals surface area contributed by atoms with Gasteiger partial charge in [-0.2, -0.15) is 0 Å². The van der Waals surface area contributed by atoms with Gasteiger partial charge in [-0.25, -0.2) is 0 Å². The highest BCUT2D eigenvalue weighted by Gasteiger charge is 2.52. The molecule has 5 rings (SSSR count). The third kappa shape index (κ3) is 3.94. The van der Waals surface area contributed by atoms with Crippen molar-refractivity contribution in [3.63, 3.8) is 0 Å². The van der Waals surface area contributed by atoms with Crippen LogP contribution in [0.5, 0.6) is 11.5 Å². The molecule has 174 valence electrons. The minimum atomic E-state index is -3.70. The zero-order chi connectivity index (χ0) is 24.3. The lowest BCUT2D eigenvalue weighted by molar-refractivity contribution is -0.286. The summed E-state index contributed by atoms with van der Waals surface area (Å²) in [4.78, 5) is 29.9. The summed E-state index contributed by atoms with van der Waals surface area (Å²) in [6.07, 6.45) is -2.36. The Morgan fingerprint density at radius 2 is 1.76 bits per heavy atom. The quantitative estimate of drug-likeness (QED) is 0.398. The van der Waals surface area contributed by atoms with E-state index in [9.17, 15) is 18.4 Å². The van der Waals surface area contributed by atoms with Crippen molar-refractivity contribution in [3.05, 3.63) is 75.9 Å². The molecule has 2 aliphatic rings. The molecule has 1 saturated carbocycles. The molecular weight excluding hydrogens is 464 g/mol. The summed E-state index contributed by atoms with van der Waals surface area (Å²) in [5.41, 5.74) is 3.18. The van der Waals surface area contributed by atoms with Gasteiger partial charge < -0.3 is 9.47 Å². The van der Waals surface area contributed by atoms with Crippen molar-refractivity contribution in [2.45, 2.75) is 44.8 Å². The molecule has 0 radical (unpaired) electrons. The topological polar surface area (TPSA) is 65.5 Å². The molecule has 0 amide bonds. The van der Waals surface area contributed by atoms with Gasteiger partial charge >= 0.3 is 6.29 Å². The number of nitrogens with zero attached hydrogens (tertiary/aromatic N) is 1.